The lowest BCUT2D eigenvalue weighted by Crippen LogP contribution is -2.43. The number of hydrogen-bond donors (Lipinski definition) is 0. The van der Waals surface area contributed by atoms with E-state index in [-0.39, 0.29) is 0 Å². The van der Waals surface area contributed by atoms with Crippen LogP contribution in [0.2, 0.25) is 0 Å². The van der Waals surface area contributed by atoms with Crippen molar-refractivity contribution in [1.82, 2.24) is 0 Å². The van der Waals surface area contributed by atoms with Crippen LogP contribution in [0.25, 0.3) is 0 Å². The summed E-state index contributed by atoms with van der Waals surface area (Å²) in [5.41, 5.74) is 0. The molecule has 0 radical (unpaired) electrons. The van der Waals surface area contributed by atoms with Gasteiger partial charge in [0, 0.05) is 12.3 Å². The van der Waals surface area contributed by atoms with E-state index >= 15 is 0 Å². The first-order valence-electron chi connectivity index (χ1n) is 5.57. The number of Topliss-reactive ketones (excluding diaryl/α,β-unsaturated/α-hetero) is 1. The van der Waals surface area contributed by atoms with Gasteiger partial charge in [0.05, 0.1) is 0 Å². The van der Waals surface area contributed by atoms with Crippen LogP contribution in [0.5, 0.6) is 0 Å². The molecule has 0 amide bonds. The molecule has 4 rings (SSSR count). The zero-order valence-corrected chi connectivity index (χ0v) is 7.91. The molecule has 0 spiro atoms. The van der Waals surface area contributed by atoms with Gasteiger partial charge in [-0.15, -0.1) is 0 Å². The number of ketones is 1. The third kappa shape index (κ3) is 1.02. The number of carbonyl (C=O) groups excluding carboxylic acids is 1. The van der Waals surface area contributed by atoms with Gasteiger partial charge in [0.15, 0.2) is 0 Å². The van der Waals surface area contributed by atoms with Gasteiger partial charge in [-0.3, -0.25) is 4.79 Å². The second kappa shape index (κ2) is 2.70. The summed E-state index contributed by atoms with van der Waals surface area (Å²) in [5.74, 6) is 3.08. The number of allylic oxidation sites excluding steroid dienone is 2. The van der Waals surface area contributed by atoms with Crippen LogP contribution < -0.4 is 0 Å². The van der Waals surface area contributed by atoms with Crippen LogP contribution >= 0.6 is 0 Å². The Balaban J connectivity index is 1.96. The maximum atomic E-state index is 11.8. The Morgan fingerprint density at radius 2 is 1.85 bits per heavy atom. The van der Waals surface area contributed by atoms with Gasteiger partial charge in [-0.2, -0.15) is 0 Å². The molecule has 4 atom stereocenters. The van der Waals surface area contributed by atoms with Crippen molar-refractivity contribution in [3.8, 4) is 0 Å². The Morgan fingerprint density at radius 1 is 1.08 bits per heavy atom. The summed E-state index contributed by atoms with van der Waals surface area (Å²) >= 11 is 0. The van der Waals surface area contributed by atoms with E-state index in [1.54, 1.807) is 0 Å². The molecule has 70 valence electrons. The quantitative estimate of drug-likeness (QED) is 0.518. The molecule has 4 aliphatic rings. The highest BCUT2D eigenvalue weighted by Crippen LogP contribution is 2.49. The van der Waals surface area contributed by atoms with Crippen molar-refractivity contribution in [2.24, 2.45) is 23.7 Å². The van der Waals surface area contributed by atoms with Crippen molar-refractivity contribution in [3.05, 3.63) is 12.2 Å². The average molecular weight is 176 g/mol. The second-order valence-electron chi connectivity index (χ2n) is 4.84. The molecule has 0 unspecified atom stereocenters. The van der Waals surface area contributed by atoms with Gasteiger partial charge >= 0.3 is 0 Å². The lowest BCUT2D eigenvalue weighted by Gasteiger charge is -2.46. The van der Waals surface area contributed by atoms with Crippen LogP contribution in [-0.2, 0) is 4.79 Å². The molecule has 0 heterocycles. The fraction of sp³-hybridized carbons (Fsp3) is 0.750. The first-order chi connectivity index (χ1) is 6.36. The van der Waals surface area contributed by atoms with Gasteiger partial charge in [-0.1, -0.05) is 12.2 Å². The molecule has 1 heteroatoms. The lowest BCUT2D eigenvalue weighted by atomic mass is 9.57. The number of rotatable bonds is 0. The maximum absolute atomic E-state index is 11.8. The third-order valence-electron chi connectivity index (χ3n) is 4.24. The summed E-state index contributed by atoms with van der Waals surface area (Å²) in [6.45, 7) is 0. The van der Waals surface area contributed by atoms with Crippen molar-refractivity contribution in [2.45, 2.75) is 32.1 Å². The van der Waals surface area contributed by atoms with Crippen molar-refractivity contribution < 1.29 is 4.79 Å². The maximum Gasteiger partial charge on any atom is 0.136 e. The van der Waals surface area contributed by atoms with Crippen molar-refractivity contribution in [1.29, 1.82) is 0 Å². The predicted molar refractivity (Wildman–Crippen MR) is 51.2 cm³/mol. The number of fused-ring (bicyclic) bond motifs is 1. The Kier molecular flexibility index (Phi) is 1.61. The molecule has 0 aromatic rings. The monoisotopic (exact) mass is 176 g/mol. The minimum Gasteiger partial charge on any atom is -0.299 e. The zero-order chi connectivity index (χ0) is 8.84. The molecule has 0 aromatic carbocycles. The highest BCUT2D eigenvalue weighted by atomic mass is 16.1. The first-order valence-corrected chi connectivity index (χ1v) is 5.57. The van der Waals surface area contributed by atoms with E-state index < -0.39 is 0 Å². The second-order valence-corrected chi connectivity index (χ2v) is 4.84. The summed E-state index contributed by atoms with van der Waals surface area (Å²) in [5, 5.41) is 0. The van der Waals surface area contributed by atoms with Gasteiger partial charge in [0.2, 0.25) is 0 Å². The molecule has 0 aromatic heterocycles. The van der Waals surface area contributed by atoms with Crippen LogP contribution in [0, 0.1) is 23.7 Å². The summed E-state index contributed by atoms with van der Waals surface area (Å²) < 4.78 is 0. The third-order valence-corrected chi connectivity index (χ3v) is 4.24. The molecule has 4 aliphatic carbocycles. The Morgan fingerprint density at radius 3 is 2.54 bits per heavy atom. The Hall–Kier alpha value is -0.590. The molecule has 2 saturated carbocycles. The van der Waals surface area contributed by atoms with E-state index in [1.807, 2.05) is 0 Å². The van der Waals surface area contributed by atoms with Crippen LogP contribution in [0.15, 0.2) is 12.2 Å². The van der Waals surface area contributed by atoms with Crippen LogP contribution in [0.3, 0.4) is 0 Å². The number of carbonyl (C=O) groups is 1. The molecule has 1 nitrogen and oxygen atoms in total. The molecule has 2 bridgehead atoms. The van der Waals surface area contributed by atoms with E-state index in [0.29, 0.717) is 17.6 Å². The van der Waals surface area contributed by atoms with Crippen LogP contribution in [0.4, 0.5) is 0 Å². The van der Waals surface area contributed by atoms with Crippen molar-refractivity contribution in [2.75, 3.05) is 0 Å². The fourth-order valence-electron chi connectivity index (χ4n) is 3.65. The lowest BCUT2D eigenvalue weighted by molar-refractivity contribution is -0.131. The van der Waals surface area contributed by atoms with E-state index in [9.17, 15) is 4.79 Å². The molecule has 13 heavy (non-hydrogen) atoms. The van der Waals surface area contributed by atoms with Gasteiger partial charge in [0.1, 0.15) is 5.78 Å². The van der Waals surface area contributed by atoms with E-state index in [0.717, 1.165) is 24.7 Å². The first kappa shape index (κ1) is 7.78. The number of hydrogen-bond acceptors (Lipinski definition) is 1. The molecular formula is C12H16O. The van der Waals surface area contributed by atoms with E-state index in [4.69, 9.17) is 0 Å². The Labute approximate surface area is 79.2 Å². The van der Waals surface area contributed by atoms with Crippen LogP contribution in [-0.4, -0.2) is 5.78 Å². The highest BCUT2D eigenvalue weighted by molar-refractivity contribution is 5.83. The standard InChI is InChI=1S/C12H16O/c13-11-3-1-2-10-8-4-6-9(7-5-8)12(10)11/h4,6,8-10,12H,1-3,5,7H2/t8-,9+,10+,12+/m1/s1. The predicted octanol–water partition coefficient (Wildman–Crippen LogP) is 2.57. The van der Waals surface area contributed by atoms with Gasteiger partial charge in [0.25, 0.3) is 0 Å². The highest BCUT2D eigenvalue weighted by Gasteiger charge is 2.45. The normalized spacial score (nSPS) is 47.8. The van der Waals surface area contributed by atoms with E-state index in [1.165, 1.54) is 19.3 Å². The molecule has 0 aliphatic heterocycles. The minimum atomic E-state index is 0.428. The minimum absolute atomic E-state index is 0.428. The molecule has 0 N–H and O–H groups in total. The molecular weight excluding hydrogens is 160 g/mol. The smallest absolute Gasteiger partial charge is 0.136 e. The van der Waals surface area contributed by atoms with Crippen molar-refractivity contribution >= 4 is 5.78 Å². The van der Waals surface area contributed by atoms with E-state index in [2.05, 4.69) is 12.2 Å². The zero-order valence-electron chi connectivity index (χ0n) is 7.91. The summed E-state index contributed by atoms with van der Waals surface area (Å²) in [6.07, 6.45) is 10.6. The summed E-state index contributed by atoms with van der Waals surface area (Å²) in [4.78, 5) is 11.8. The van der Waals surface area contributed by atoms with Gasteiger partial charge in [-0.05, 0) is 43.4 Å². The van der Waals surface area contributed by atoms with Crippen molar-refractivity contribution in [3.63, 3.8) is 0 Å². The summed E-state index contributed by atoms with van der Waals surface area (Å²) in [6, 6.07) is 0. The van der Waals surface area contributed by atoms with Crippen LogP contribution in [0.1, 0.15) is 32.1 Å². The fourth-order valence-corrected chi connectivity index (χ4v) is 3.65. The van der Waals surface area contributed by atoms with Gasteiger partial charge < -0.3 is 0 Å². The largest absolute Gasteiger partial charge is 0.299 e. The topological polar surface area (TPSA) is 17.1 Å². The van der Waals surface area contributed by atoms with Gasteiger partial charge in [-0.25, -0.2) is 0 Å². The average Bonchev–Trinajstić information content (AvgIpc) is 2.20. The SMILES string of the molecule is O=C1CCC[C@@H]2[C@@H]1[C@H]1C=C[C@@H]2CC1. The molecule has 2 fully saturated rings. The summed E-state index contributed by atoms with van der Waals surface area (Å²) in [7, 11) is 0. The Bertz CT molecular complexity index is 266. The molecule has 0 saturated heterocycles.